The molecule has 1 heterocycles. The standard InChI is InChI=1S/C14H14BrNO2/c1-10(17)13-4-3-12(15)7-14(13)16(2)8-11-5-6-18-9-11/h3-7,9H,8H2,1-2H3. The van der Waals surface area contributed by atoms with E-state index in [1.54, 1.807) is 19.5 Å². The van der Waals surface area contributed by atoms with Crippen molar-refractivity contribution in [2.45, 2.75) is 13.5 Å². The number of benzene rings is 1. The first-order valence-electron chi connectivity index (χ1n) is 5.60. The van der Waals surface area contributed by atoms with Crippen LogP contribution in [0.1, 0.15) is 22.8 Å². The average Bonchev–Trinajstić information content (AvgIpc) is 2.81. The van der Waals surface area contributed by atoms with Crippen LogP contribution < -0.4 is 4.90 Å². The lowest BCUT2D eigenvalue weighted by Gasteiger charge is -2.21. The van der Waals surface area contributed by atoms with Gasteiger partial charge in [-0.15, -0.1) is 0 Å². The minimum absolute atomic E-state index is 0.0662. The van der Waals surface area contributed by atoms with Crippen molar-refractivity contribution in [1.82, 2.24) is 0 Å². The molecule has 0 amide bonds. The first-order chi connectivity index (χ1) is 8.58. The second-order valence-electron chi connectivity index (χ2n) is 4.21. The van der Waals surface area contributed by atoms with E-state index in [2.05, 4.69) is 15.9 Å². The van der Waals surface area contributed by atoms with Gasteiger partial charge in [-0.1, -0.05) is 15.9 Å². The van der Waals surface area contributed by atoms with Gasteiger partial charge >= 0.3 is 0 Å². The Labute approximate surface area is 115 Å². The first-order valence-corrected chi connectivity index (χ1v) is 6.40. The van der Waals surface area contributed by atoms with Crippen molar-refractivity contribution in [1.29, 1.82) is 0 Å². The van der Waals surface area contributed by atoms with Crippen molar-refractivity contribution in [3.05, 3.63) is 52.4 Å². The van der Waals surface area contributed by atoms with E-state index in [-0.39, 0.29) is 5.78 Å². The fourth-order valence-corrected chi connectivity index (χ4v) is 2.21. The molecule has 0 atom stereocenters. The minimum Gasteiger partial charge on any atom is -0.472 e. The highest BCUT2D eigenvalue weighted by Gasteiger charge is 2.12. The molecule has 0 saturated heterocycles. The lowest BCUT2D eigenvalue weighted by Crippen LogP contribution is -2.18. The molecule has 2 aromatic rings. The van der Waals surface area contributed by atoms with E-state index in [9.17, 15) is 4.79 Å². The smallest absolute Gasteiger partial charge is 0.161 e. The van der Waals surface area contributed by atoms with Crippen molar-refractivity contribution >= 4 is 27.4 Å². The first kappa shape index (κ1) is 12.9. The molecule has 0 unspecified atom stereocenters. The van der Waals surface area contributed by atoms with Gasteiger partial charge < -0.3 is 9.32 Å². The highest BCUT2D eigenvalue weighted by molar-refractivity contribution is 9.10. The van der Waals surface area contributed by atoms with E-state index in [4.69, 9.17) is 4.42 Å². The number of Topliss-reactive ketones (excluding diaryl/α,β-unsaturated/α-hetero) is 1. The summed E-state index contributed by atoms with van der Waals surface area (Å²) in [5, 5.41) is 0. The van der Waals surface area contributed by atoms with Crippen LogP contribution in [0.3, 0.4) is 0 Å². The van der Waals surface area contributed by atoms with Crippen LogP contribution in [0.25, 0.3) is 0 Å². The normalized spacial score (nSPS) is 10.4. The monoisotopic (exact) mass is 307 g/mol. The summed E-state index contributed by atoms with van der Waals surface area (Å²) in [7, 11) is 1.96. The van der Waals surface area contributed by atoms with Crippen molar-refractivity contribution in [2.75, 3.05) is 11.9 Å². The number of nitrogens with zero attached hydrogens (tertiary/aromatic N) is 1. The number of carbonyl (C=O) groups is 1. The van der Waals surface area contributed by atoms with E-state index in [0.717, 1.165) is 21.3 Å². The molecule has 1 aromatic carbocycles. The van der Waals surface area contributed by atoms with Gasteiger partial charge in [0.2, 0.25) is 0 Å². The predicted molar refractivity (Wildman–Crippen MR) is 75.0 cm³/mol. The minimum atomic E-state index is 0.0662. The molecule has 0 N–H and O–H groups in total. The maximum absolute atomic E-state index is 11.6. The van der Waals surface area contributed by atoms with Crippen molar-refractivity contribution in [3.63, 3.8) is 0 Å². The van der Waals surface area contributed by atoms with Gasteiger partial charge in [-0.2, -0.15) is 0 Å². The van der Waals surface area contributed by atoms with Crippen LogP contribution in [0.5, 0.6) is 0 Å². The summed E-state index contributed by atoms with van der Waals surface area (Å²) in [6.07, 6.45) is 3.36. The fourth-order valence-electron chi connectivity index (χ4n) is 1.86. The van der Waals surface area contributed by atoms with Gasteiger partial charge in [-0.25, -0.2) is 0 Å². The summed E-state index contributed by atoms with van der Waals surface area (Å²) >= 11 is 3.44. The summed E-state index contributed by atoms with van der Waals surface area (Å²) < 4.78 is 6.01. The molecule has 1 aromatic heterocycles. The molecule has 0 aliphatic heterocycles. The summed E-state index contributed by atoms with van der Waals surface area (Å²) in [4.78, 5) is 13.7. The van der Waals surface area contributed by atoms with Crippen LogP contribution in [-0.2, 0) is 6.54 Å². The molecular formula is C14H14BrNO2. The van der Waals surface area contributed by atoms with Crippen molar-refractivity contribution in [2.24, 2.45) is 0 Å². The molecule has 2 rings (SSSR count). The molecule has 94 valence electrons. The Bertz CT molecular complexity index is 549. The molecule has 18 heavy (non-hydrogen) atoms. The van der Waals surface area contributed by atoms with E-state index in [0.29, 0.717) is 6.54 Å². The summed E-state index contributed by atoms with van der Waals surface area (Å²) in [5.74, 6) is 0.0662. The third-order valence-electron chi connectivity index (χ3n) is 2.75. The number of rotatable bonds is 4. The van der Waals surface area contributed by atoms with E-state index >= 15 is 0 Å². The molecular weight excluding hydrogens is 294 g/mol. The van der Waals surface area contributed by atoms with Crippen LogP contribution in [0, 0.1) is 0 Å². The van der Waals surface area contributed by atoms with Crippen LogP contribution in [0.15, 0.2) is 45.7 Å². The highest BCUT2D eigenvalue weighted by atomic mass is 79.9. The Morgan fingerprint density at radius 3 is 2.78 bits per heavy atom. The zero-order valence-corrected chi connectivity index (χ0v) is 11.9. The Hall–Kier alpha value is -1.55. The third kappa shape index (κ3) is 2.82. The second kappa shape index (κ2) is 5.40. The van der Waals surface area contributed by atoms with Crippen LogP contribution in [0.4, 0.5) is 5.69 Å². The number of carbonyl (C=O) groups excluding carboxylic acids is 1. The molecule has 0 saturated carbocycles. The van der Waals surface area contributed by atoms with Gasteiger partial charge in [0.15, 0.2) is 5.78 Å². The molecule has 0 radical (unpaired) electrons. The Balaban J connectivity index is 2.31. The second-order valence-corrected chi connectivity index (χ2v) is 5.12. The molecule has 0 spiro atoms. The predicted octanol–water partition coefficient (Wildman–Crippen LogP) is 3.88. The maximum Gasteiger partial charge on any atom is 0.161 e. The molecule has 4 heteroatoms. The third-order valence-corrected chi connectivity index (χ3v) is 3.24. The van der Waals surface area contributed by atoms with E-state index in [1.165, 1.54) is 0 Å². The largest absolute Gasteiger partial charge is 0.472 e. The average molecular weight is 308 g/mol. The van der Waals surface area contributed by atoms with Gasteiger partial charge in [-0.3, -0.25) is 4.79 Å². The number of hydrogen-bond donors (Lipinski definition) is 0. The van der Waals surface area contributed by atoms with Gasteiger partial charge in [-0.05, 0) is 31.2 Å². The van der Waals surface area contributed by atoms with Gasteiger partial charge in [0.1, 0.15) is 0 Å². The number of hydrogen-bond acceptors (Lipinski definition) is 3. The highest BCUT2D eigenvalue weighted by Crippen LogP contribution is 2.26. The fraction of sp³-hybridized carbons (Fsp3) is 0.214. The zero-order chi connectivity index (χ0) is 13.1. The number of anilines is 1. The Morgan fingerprint density at radius 1 is 1.39 bits per heavy atom. The summed E-state index contributed by atoms with van der Waals surface area (Å²) in [6, 6.07) is 7.60. The number of furan rings is 1. The van der Waals surface area contributed by atoms with Gasteiger partial charge in [0.25, 0.3) is 0 Å². The Kier molecular flexibility index (Phi) is 3.87. The maximum atomic E-state index is 11.6. The number of halogens is 1. The summed E-state index contributed by atoms with van der Waals surface area (Å²) in [5.41, 5.74) is 2.72. The zero-order valence-electron chi connectivity index (χ0n) is 10.3. The van der Waals surface area contributed by atoms with Crippen LogP contribution >= 0.6 is 15.9 Å². The van der Waals surface area contributed by atoms with E-state index < -0.39 is 0 Å². The lowest BCUT2D eigenvalue weighted by molar-refractivity contribution is 0.101. The van der Waals surface area contributed by atoms with Gasteiger partial charge in [0.05, 0.1) is 12.5 Å². The Morgan fingerprint density at radius 2 is 2.17 bits per heavy atom. The van der Waals surface area contributed by atoms with Crippen LogP contribution in [0.2, 0.25) is 0 Å². The van der Waals surface area contributed by atoms with E-state index in [1.807, 2.05) is 36.2 Å². The van der Waals surface area contributed by atoms with Crippen LogP contribution in [-0.4, -0.2) is 12.8 Å². The molecule has 0 bridgehead atoms. The topological polar surface area (TPSA) is 33.5 Å². The molecule has 0 aliphatic carbocycles. The van der Waals surface area contributed by atoms with Gasteiger partial charge in [0, 0.05) is 34.9 Å². The SMILES string of the molecule is CC(=O)c1ccc(Br)cc1N(C)Cc1ccoc1. The van der Waals surface area contributed by atoms with Crippen molar-refractivity contribution < 1.29 is 9.21 Å². The van der Waals surface area contributed by atoms with Crippen molar-refractivity contribution in [3.8, 4) is 0 Å². The molecule has 0 fully saturated rings. The molecule has 0 aliphatic rings. The molecule has 3 nitrogen and oxygen atoms in total. The summed E-state index contributed by atoms with van der Waals surface area (Å²) in [6.45, 7) is 2.28. The number of ketones is 1. The lowest BCUT2D eigenvalue weighted by atomic mass is 10.1. The quantitative estimate of drug-likeness (QED) is 0.804.